The first kappa shape index (κ1) is 21.0. The van der Waals surface area contributed by atoms with Crippen molar-refractivity contribution in [3.63, 3.8) is 0 Å². The van der Waals surface area contributed by atoms with Gasteiger partial charge in [-0.2, -0.15) is 0 Å². The van der Waals surface area contributed by atoms with E-state index in [9.17, 15) is 4.79 Å². The lowest BCUT2D eigenvalue weighted by molar-refractivity contribution is -0.122. The van der Waals surface area contributed by atoms with Crippen LogP contribution in [0.25, 0.3) is 0 Å². The Kier molecular flexibility index (Phi) is 7.36. The van der Waals surface area contributed by atoms with Gasteiger partial charge in [0.1, 0.15) is 6.61 Å². The Labute approximate surface area is 173 Å². The number of amides is 1. The van der Waals surface area contributed by atoms with E-state index in [2.05, 4.69) is 47.2 Å². The van der Waals surface area contributed by atoms with Crippen molar-refractivity contribution in [2.45, 2.75) is 13.8 Å². The molecule has 1 saturated heterocycles. The van der Waals surface area contributed by atoms with Gasteiger partial charge in [0.25, 0.3) is 0 Å². The zero-order chi connectivity index (χ0) is 20.6. The molecule has 1 amide bonds. The summed E-state index contributed by atoms with van der Waals surface area (Å²) in [4.78, 5) is 16.9. The lowest BCUT2D eigenvalue weighted by Gasteiger charge is -2.36. The van der Waals surface area contributed by atoms with Crippen LogP contribution in [0.1, 0.15) is 11.1 Å². The summed E-state index contributed by atoms with van der Waals surface area (Å²) in [7, 11) is 1.62. The number of benzene rings is 2. The maximum absolute atomic E-state index is 12.2. The van der Waals surface area contributed by atoms with Crippen LogP contribution in [-0.4, -0.2) is 63.8 Å². The van der Waals surface area contributed by atoms with Gasteiger partial charge in [-0.25, -0.2) is 0 Å². The predicted molar refractivity (Wildman–Crippen MR) is 116 cm³/mol. The number of para-hydroxylation sites is 2. The minimum Gasteiger partial charge on any atom is -0.493 e. The molecule has 0 radical (unpaired) electrons. The molecule has 2 aromatic carbocycles. The van der Waals surface area contributed by atoms with E-state index in [0.29, 0.717) is 31.2 Å². The van der Waals surface area contributed by atoms with Crippen molar-refractivity contribution in [3.8, 4) is 11.5 Å². The molecular weight excluding hydrogens is 366 g/mol. The van der Waals surface area contributed by atoms with Gasteiger partial charge in [0.2, 0.25) is 5.91 Å². The molecule has 156 valence electrons. The van der Waals surface area contributed by atoms with Crippen LogP contribution in [0.3, 0.4) is 0 Å². The minimum atomic E-state index is 0.0359. The normalized spacial score (nSPS) is 14.5. The van der Waals surface area contributed by atoms with Gasteiger partial charge in [-0.3, -0.25) is 9.69 Å². The molecule has 1 aliphatic rings. The Hall–Kier alpha value is -2.73. The number of methoxy groups -OCH3 is 1. The minimum absolute atomic E-state index is 0.0359. The molecule has 0 saturated carbocycles. The van der Waals surface area contributed by atoms with Gasteiger partial charge < -0.3 is 19.7 Å². The lowest BCUT2D eigenvalue weighted by Crippen LogP contribution is -2.50. The third-order valence-electron chi connectivity index (χ3n) is 5.41. The Morgan fingerprint density at radius 3 is 2.45 bits per heavy atom. The Morgan fingerprint density at radius 1 is 1.00 bits per heavy atom. The van der Waals surface area contributed by atoms with Crippen LogP contribution in [0.5, 0.6) is 11.5 Å². The van der Waals surface area contributed by atoms with Crippen molar-refractivity contribution in [3.05, 3.63) is 53.6 Å². The molecule has 2 aromatic rings. The van der Waals surface area contributed by atoms with Gasteiger partial charge in [0.15, 0.2) is 11.5 Å². The highest BCUT2D eigenvalue weighted by Crippen LogP contribution is 2.25. The number of nitrogens with one attached hydrogen (secondary N) is 1. The smallest absolute Gasteiger partial charge is 0.234 e. The molecule has 1 aliphatic heterocycles. The Morgan fingerprint density at radius 2 is 1.72 bits per heavy atom. The number of piperazine rings is 1. The van der Waals surface area contributed by atoms with Gasteiger partial charge in [-0.1, -0.05) is 24.3 Å². The Bertz CT molecular complexity index is 817. The third-order valence-corrected chi connectivity index (χ3v) is 5.41. The second-order valence-electron chi connectivity index (χ2n) is 7.33. The molecule has 0 bridgehead atoms. The Balaban J connectivity index is 1.37. The number of ether oxygens (including phenoxy) is 2. The van der Waals surface area contributed by atoms with E-state index < -0.39 is 0 Å². The van der Waals surface area contributed by atoms with Gasteiger partial charge in [0.05, 0.1) is 20.2 Å². The summed E-state index contributed by atoms with van der Waals surface area (Å²) < 4.78 is 10.9. The number of rotatable bonds is 8. The monoisotopic (exact) mass is 397 g/mol. The summed E-state index contributed by atoms with van der Waals surface area (Å²) in [5.74, 6) is 1.42. The van der Waals surface area contributed by atoms with Crippen molar-refractivity contribution in [1.82, 2.24) is 10.2 Å². The van der Waals surface area contributed by atoms with E-state index in [1.807, 2.05) is 24.3 Å². The van der Waals surface area contributed by atoms with E-state index in [4.69, 9.17) is 9.47 Å². The average Bonchev–Trinajstić information content (AvgIpc) is 2.74. The molecule has 3 rings (SSSR count). The SMILES string of the molecule is COc1ccccc1OCCNC(=O)CN1CCN(c2cccc(C)c2C)CC1. The number of carbonyl (C=O) groups is 1. The van der Waals surface area contributed by atoms with Crippen LogP contribution in [-0.2, 0) is 4.79 Å². The number of hydrogen-bond acceptors (Lipinski definition) is 5. The van der Waals surface area contributed by atoms with Crippen LogP contribution in [0.2, 0.25) is 0 Å². The maximum Gasteiger partial charge on any atom is 0.234 e. The number of hydrogen-bond donors (Lipinski definition) is 1. The summed E-state index contributed by atoms with van der Waals surface area (Å²) in [6.45, 7) is 9.29. The first-order valence-corrected chi connectivity index (χ1v) is 10.1. The zero-order valence-corrected chi connectivity index (χ0v) is 17.6. The number of anilines is 1. The number of carbonyl (C=O) groups excluding carboxylic acids is 1. The summed E-state index contributed by atoms with van der Waals surface area (Å²) in [6, 6.07) is 14.0. The van der Waals surface area contributed by atoms with E-state index >= 15 is 0 Å². The first-order valence-electron chi connectivity index (χ1n) is 10.1. The van der Waals surface area contributed by atoms with Gasteiger partial charge in [-0.15, -0.1) is 0 Å². The highest BCUT2D eigenvalue weighted by atomic mass is 16.5. The molecule has 29 heavy (non-hydrogen) atoms. The average molecular weight is 398 g/mol. The van der Waals surface area contributed by atoms with Gasteiger partial charge >= 0.3 is 0 Å². The molecule has 6 nitrogen and oxygen atoms in total. The fourth-order valence-corrected chi connectivity index (χ4v) is 3.57. The summed E-state index contributed by atoms with van der Waals surface area (Å²) >= 11 is 0. The highest BCUT2D eigenvalue weighted by Gasteiger charge is 2.20. The molecule has 0 unspecified atom stereocenters. The molecule has 6 heteroatoms. The van der Waals surface area contributed by atoms with Crippen LogP contribution < -0.4 is 19.7 Å². The van der Waals surface area contributed by atoms with Crippen molar-refractivity contribution >= 4 is 11.6 Å². The fourth-order valence-electron chi connectivity index (χ4n) is 3.57. The lowest BCUT2D eigenvalue weighted by atomic mass is 10.1. The standard InChI is InChI=1S/C23H31N3O3/c1-18-7-6-8-20(19(18)2)26-14-12-25(13-15-26)17-23(27)24-11-16-29-22-10-5-4-9-21(22)28-3/h4-10H,11-17H2,1-3H3,(H,24,27). The van der Waals surface area contributed by atoms with Crippen molar-refractivity contribution in [2.75, 3.05) is 57.9 Å². The largest absolute Gasteiger partial charge is 0.493 e. The fraction of sp³-hybridized carbons (Fsp3) is 0.435. The van der Waals surface area contributed by atoms with E-state index in [0.717, 1.165) is 26.2 Å². The predicted octanol–water partition coefficient (Wildman–Crippen LogP) is 2.63. The summed E-state index contributed by atoms with van der Waals surface area (Å²) in [5.41, 5.74) is 3.97. The second-order valence-corrected chi connectivity index (χ2v) is 7.33. The molecule has 0 aromatic heterocycles. The van der Waals surface area contributed by atoms with E-state index in [1.165, 1.54) is 16.8 Å². The zero-order valence-electron chi connectivity index (χ0n) is 17.6. The summed E-state index contributed by atoms with van der Waals surface area (Å²) in [6.07, 6.45) is 0. The van der Waals surface area contributed by atoms with E-state index in [-0.39, 0.29) is 5.91 Å². The van der Waals surface area contributed by atoms with Crippen LogP contribution in [0, 0.1) is 13.8 Å². The van der Waals surface area contributed by atoms with Crippen LogP contribution in [0.4, 0.5) is 5.69 Å². The molecule has 1 heterocycles. The second kappa shape index (κ2) is 10.2. The van der Waals surface area contributed by atoms with Gasteiger partial charge in [0, 0.05) is 31.9 Å². The van der Waals surface area contributed by atoms with Crippen LogP contribution in [0.15, 0.2) is 42.5 Å². The molecule has 1 fully saturated rings. The topological polar surface area (TPSA) is 54.0 Å². The quantitative estimate of drug-likeness (QED) is 0.694. The van der Waals surface area contributed by atoms with Gasteiger partial charge in [-0.05, 0) is 43.2 Å². The highest BCUT2D eigenvalue weighted by molar-refractivity contribution is 5.78. The first-order chi connectivity index (χ1) is 14.1. The van der Waals surface area contributed by atoms with Crippen molar-refractivity contribution in [1.29, 1.82) is 0 Å². The third kappa shape index (κ3) is 5.64. The molecule has 1 N–H and O–H groups in total. The maximum atomic E-state index is 12.2. The van der Waals surface area contributed by atoms with Crippen molar-refractivity contribution in [2.24, 2.45) is 0 Å². The number of nitrogens with zero attached hydrogens (tertiary/aromatic N) is 2. The van der Waals surface area contributed by atoms with E-state index in [1.54, 1.807) is 7.11 Å². The van der Waals surface area contributed by atoms with Crippen molar-refractivity contribution < 1.29 is 14.3 Å². The molecule has 0 atom stereocenters. The molecular formula is C23H31N3O3. The van der Waals surface area contributed by atoms with Crippen LogP contribution >= 0.6 is 0 Å². The molecule has 0 spiro atoms. The number of aryl methyl sites for hydroxylation is 1. The molecule has 0 aliphatic carbocycles. The summed E-state index contributed by atoms with van der Waals surface area (Å²) in [5, 5.41) is 2.94.